The van der Waals surface area contributed by atoms with Crippen LogP contribution < -0.4 is 4.74 Å². The molecular formula is C24H26FN2O4+. The second-order valence-electron chi connectivity index (χ2n) is 7.61. The summed E-state index contributed by atoms with van der Waals surface area (Å²) in [5, 5.41) is 9.08. The number of hydrogen-bond acceptors (Lipinski definition) is 3. The fraction of sp³-hybridized carbons (Fsp3) is 0.292. The van der Waals surface area contributed by atoms with Crippen molar-refractivity contribution in [1.29, 1.82) is 0 Å². The van der Waals surface area contributed by atoms with E-state index in [0.717, 1.165) is 0 Å². The minimum Gasteiger partial charge on any atom is -0.478 e. The van der Waals surface area contributed by atoms with E-state index in [2.05, 4.69) is 11.2 Å². The number of hydrogen-bond donors (Lipinski definition) is 1. The van der Waals surface area contributed by atoms with Crippen LogP contribution in [0.25, 0.3) is 0 Å². The number of piperazine rings is 1. The van der Waals surface area contributed by atoms with Crippen molar-refractivity contribution in [2.24, 2.45) is 0 Å². The summed E-state index contributed by atoms with van der Waals surface area (Å²) in [5.41, 5.74) is 1.34. The van der Waals surface area contributed by atoms with Gasteiger partial charge >= 0.3 is 5.97 Å². The summed E-state index contributed by atoms with van der Waals surface area (Å²) < 4.78 is 22.4. The molecule has 1 aliphatic rings. The SMILES string of the molecule is C=CC(=O)N1CC[N+](=C[C@H](Oc2ccc(C(=O)O)cc2)c2ccc(C)c(F)c2)C[C@H]1C. The van der Waals surface area contributed by atoms with E-state index in [1.165, 1.54) is 24.3 Å². The van der Waals surface area contributed by atoms with Crippen LogP contribution in [0, 0.1) is 12.7 Å². The van der Waals surface area contributed by atoms with Crippen molar-refractivity contribution in [2.45, 2.75) is 26.0 Å². The molecule has 2 atom stereocenters. The van der Waals surface area contributed by atoms with Gasteiger partial charge < -0.3 is 14.7 Å². The van der Waals surface area contributed by atoms with Gasteiger partial charge in [-0.3, -0.25) is 4.79 Å². The molecule has 0 aromatic heterocycles. The van der Waals surface area contributed by atoms with Gasteiger partial charge in [0.25, 0.3) is 0 Å². The van der Waals surface area contributed by atoms with E-state index in [9.17, 15) is 14.0 Å². The van der Waals surface area contributed by atoms with E-state index >= 15 is 0 Å². The number of halogens is 1. The number of carbonyl (C=O) groups excluding carboxylic acids is 1. The monoisotopic (exact) mass is 425 g/mol. The summed E-state index contributed by atoms with van der Waals surface area (Å²) in [6.07, 6.45) is 2.62. The maximum absolute atomic E-state index is 14.2. The third-order valence-electron chi connectivity index (χ3n) is 5.35. The van der Waals surface area contributed by atoms with E-state index in [1.54, 1.807) is 30.0 Å². The first-order chi connectivity index (χ1) is 14.8. The number of aryl methyl sites for hydroxylation is 1. The van der Waals surface area contributed by atoms with Crippen LogP contribution in [0.5, 0.6) is 5.75 Å². The predicted molar refractivity (Wildman–Crippen MR) is 115 cm³/mol. The van der Waals surface area contributed by atoms with Crippen LogP contribution in [0.2, 0.25) is 0 Å². The molecule has 1 aliphatic heterocycles. The molecule has 0 bridgehead atoms. The number of carbonyl (C=O) groups is 2. The van der Waals surface area contributed by atoms with Gasteiger partial charge in [-0.2, -0.15) is 0 Å². The minimum atomic E-state index is -1.02. The zero-order valence-electron chi connectivity index (χ0n) is 17.6. The summed E-state index contributed by atoms with van der Waals surface area (Å²) in [6, 6.07) is 11.0. The third kappa shape index (κ3) is 5.36. The lowest BCUT2D eigenvalue weighted by Crippen LogP contribution is -2.51. The molecule has 6 nitrogen and oxygen atoms in total. The number of ether oxygens (including phenoxy) is 1. The normalized spacial score (nSPS) is 18.5. The Morgan fingerprint density at radius 3 is 2.58 bits per heavy atom. The molecule has 0 spiro atoms. The van der Waals surface area contributed by atoms with Crippen LogP contribution in [-0.2, 0) is 4.79 Å². The number of benzene rings is 2. The van der Waals surface area contributed by atoms with Crippen molar-refractivity contribution in [2.75, 3.05) is 19.6 Å². The van der Waals surface area contributed by atoms with Crippen LogP contribution in [0.4, 0.5) is 4.39 Å². The standard InChI is InChI=1S/C24H25FN2O4/c1-4-23(28)27-12-11-26(14-17(27)3)15-22(19-6-5-16(2)21(25)13-19)31-20-9-7-18(8-10-20)24(29)30/h4-10,13,15,17,22H,1,11-12,14H2,2-3H3/p+1/t17-,22+/m1/s1. The molecule has 2 aromatic rings. The first-order valence-electron chi connectivity index (χ1n) is 10.1. The van der Waals surface area contributed by atoms with Gasteiger partial charge in [0.05, 0.1) is 18.2 Å². The fourth-order valence-corrected chi connectivity index (χ4v) is 3.55. The summed E-state index contributed by atoms with van der Waals surface area (Å²) in [7, 11) is 0. The van der Waals surface area contributed by atoms with Gasteiger partial charge in [0, 0.05) is 5.56 Å². The van der Waals surface area contributed by atoms with Gasteiger partial charge in [-0.05, 0) is 55.8 Å². The topological polar surface area (TPSA) is 69.8 Å². The molecule has 1 amide bonds. The summed E-state index contributed by atoms with van der Waals surface area (Å²) >= 11 is 0. The molecule has 31 heavy (non-hydrogen) atoms. The number of rotatable bonds is 6. The molecule has 0 unspecified atom stereocenters. The Morgan fingerprint density at radius 2 is 2.00 bits per heavy atom. The van der Waals surface area contributed by atoms with Gasteiger partial charge in [0.2, 0.25) is 5.91 Å². The average Bonchev–Trinajstić information content (AvgIpc) is 2.75. The second-order valence-corrected chi connectivity index (χ2v) is 7.61. The van der Waals surface area contributed by atoms with Gasteiger partial charge in [0.1, 0.15) is 11.6 Å². The first-order valence-corrected chi connectivity index (χ1v) is 10.1. The van der Waals surface area contributed by atoms with E-state index in [1.807, 2.05) is 19.2 Å². The van der Waals surface area contributed by atoms with Crippen molar-refractivity contribution >= 4 is 18.1 Å². The van der Waals surface area contributed by atoms with Crippen LogP contribution >= 0.6 is 0 Å². The Bertz CT molecular complexity index is 1020. The molecule has 1 fully saturated rings. The van der Waals surface area contributed by atoms with Gasteiger partial charge in [-0.1, -0.05) is 18.7 Å². The highest BCUT2D eigenvalue weighted by atomic mass is 19.1. The summed E-state index contributed by atoms with van der Waals surface area (Å²) in [4.78, 5) is 24.8. The molecule has 1 saturated heterocycles. The predicted octanol–water partition coefficient (Wildman–Crippen LogP) is 3.45. The molecule has 0 aliphatic carbocycles. The molecule has 7 heteroatoms. The molecule has 3 rings (SSSR count). The summed E-state index contributed by atoms with van der Waals surface area (Å²) in [6.45, 7) is 8.97. The number of carboxylic acid groups (broad SMARTS) is 1. The van der Waals surface area contributed by atoms with E-state index < -0.39 is 12.1 Å². The quantitative estimate of drug-likeness (QED) is 0.569. The number of nitrogens with zero attached hydrogens (tertiary/aromatic N) is 2. The van der Waals surface area contributed by atoms with Crippen LogP contribution in [-0.4, -0.2) is 58.3 Å². The van der Waals surface area contributed by atoms with Gasteiger partial charge in [0.15, 0.2) is 25.4 Å². The van der Waals surface area contributed by atoms with E-state index in [0.29, 0.717) is 36.5 Å². The first kappa shape index (κ1) is 22.2. The van der Waals surface area contributed by atoms with E-state index in [-0.39, 0.29) is 23.3 Å². The largest absolute Gasteiger partial charge is 0.478 e. The number of amides is 1. The molecule has 162 valence electrons. The molecule has 1 heterocycles. The van der Waals surface area contributed by atoms with Crippen molar-refractivity contribution < 1.29 is 28.4 Å². The Morgan fingerprint density at radius 1 is 1.29 bits per heavy atom. The zero-order chi connectivity index (χ0) is 22.5. The number of carboxylic acids is 1. The van der Waals surface area contributed by atoms with E-state index in [4.69, 9.17) is 9.84 Å². The third-order valence-corrected chi connectivity index (χ3v) is 5.35. The highest BCUT2D eigenvalue weighted by Gasteiger charge is 2.29. The maximum atomic E-state index is 14.2. The molecule has 1 N–H and O–H groups in total. The van der Waals surface area contributed by atoms with Crippen molar-refractivity contribution in [3.8, 4) is 5.75 Å². The van der Waals surface area contributed by atoms with Crippen molar-refractivity contribution in [3.63, 3.8) is 0 Å². The zero-order valence-corrected chi connectivity index (χ0v) is 17.6. The summed E-state index contributed by atoms with van der Waals surface area (Å²) in [5.74, 6) is -0.966. The van der Waals surface area contributed by atoms with Crippen molar-refractivity contribution in [1.82, 2.24) is 4.90 Å². The number of aromatic carboxylic acids is 1. The average molecular weight is 425 g/mol. The maximum Gasteiger partial charge on any atom is 0.335 e. The highest BCUT2D eigenvalue weighted by Crippen LogP contribution is 2.23. The highest BCUT2D eigenvalue weighted by molar-refractivity contribution is 5.88. The molecule has 0 saturated carbocycles. The van der Waals surface area contributed by atoms with Crippen LogP contribution in [0.15, 0.2) is 55.1 Å². The van der Waals surface area contributed by atoms with Crippen LogP contribution in [0.1, 0.15) is 34.5 Å². The lowest BCUT2D eigenvalue weighted by atomic mass is 10.1. The fourth-order valence-electron chi connectivity index (χ4n) is 3.55. The van der Waals surface area contributed by atoms with Gasteiger partial charge in [-0.15, -0.1) is 0 Å². The lowest BCUT2D eigenvalue weighted by molar-refractivity contribution is -0.542. The van der Waals surface area contributed by atoms with Gasteiger partial charge in [-0.25, -0.2) is 13.8 Å². The Kier molecular flexibility index (Phi) is 6.84. The molecular weight excluding hydrogens is 399 g/mol. The second kappa shape index (κ2) is 9.55. The Labute approximate surface area is 180 Å². The molecule has 0 radical (unpaired) electrons. The lowest BCUT2D eigenvalue weighted by Gasteiger charge is -2.31. The van der Waals surface area contributed by atoms with Crippen LogP contribution in [0.3, 0.4) is 0 Å². The minimum absolute atomic E-state index is 0.0132. The Hall–Kier alpha value is -3.48. The Balaban J connectivity index is 1.88. The van der Waals surface area contributed by atoms with Crippen molar-refractivity contribution in [3.05, 3.63) is 77.6 Å². The smallest absolute Gasteiger partial charge is 0.335 e. The molecule has 2 aromatic carbocycles.